The van der Waals surface area contributed by atoms with Gasteiger partial charge >= 0.3 is 0 Å². The van der Waals surface area contributed by atoms with Crippen molar-refractivity contribution >= 4 is 11.6 Å². The van der Waals surface area contributed by atoms with Crippen LogP contribution in [0.25, 0.3) is 0 Å². The summed E-state index contributed by atoms with van der Waals surface area (Å²) in [6.45, 7) is 3.41. The van der Waals surface area contributed by atoms with E-state index in [0.29, 0.717) is 16.5 Å². The van der Waals surface area contributed by atoms with Crippen LogP contribution in [0.3, 0.4) is 0 Å². The molecule has 0 aliphatic heterocycles. The van der Waals surface area contributed by atoms with Crippen molar-refractivity contribution in [2.45, 2.75) is 13.8 Å². The highest BCUT2D eigenvalue weighted by atomic mass is 35.5. The van der Waals surface area contributed by atoms with Crippen molar-refractivity contribution in [3.8, 4) is 0 Å². The minimum atomic E-state index is -0.0810. The quantitative estimate of drug-likeness (QED) is 0.549. The topological polar surface area (TPSA) is 34.9 Å². The summed E-state index contributed by atoms with van der Waals surface area (Å²) >= 11 is 5.67. The molecular weight excluding hydrogens is 164 g/mol. The molecule has 0 unspecified atom stereocenters. The lowest BCUT2D eigenvalue weighted by atomic mass is 10.4. The number of nitrogens with zero attached hydrogens (tertiary/aromatic N) is 2. The predicted molar refractivity (Wildman–Crippen MR) is 44.0 cm³/mol. The van der Waals surface area contributed by atoms with Crippen LogP contribution in [0, 0.1) is 13.8 Å². The SMILES string of the molecule is Cc1c(Cl)nc(C)n(C)c1=O. The smallest absolute Gasteiger partial charge is 0.257 e. The highest BCUT2D eigenvalue weighted by molar-refractivity contribution is 6.30. The Morgan fingerprint density at radius 3 is 2.55 bits per heavy atom. The molecule has 1 heterocycles. The molecule has 4 heteroatoms. The van der Waals surface area contributed by atoms with E-state index < -0.39 is 0 Å². The maximum absolute atomic E-state index is 11.2. The van der Waals surface area contributed by atoms with E-state index >= 15 is 0 Å². The standard InChI is InChI=1S/C7H9ClN2O/c1-4-6(8)9-5(2)10(3)7(4)11/h1-3H3. The first-order valence-corrected chi connectivity index (χ1v) is 3.61. The van der Waals surface area contributed by atoms with Crippen molar-refractivity contribution in [3.63, 3.8) is 0 Å². The number of rotatable bonds is 0. The average molecular weight is 173 g/mol. The first-order chi connectivity index (χ1) is 5.04. The minimum Gasteiger partial charge on any atom is -0.300 e. The van der Waals surface area contributed by atoms with Gasteiger partial charge in [-0.3, -0.25) is 9.36 Å². The normalized spacial score (nSPS) is 10.2. The molecule has 60 valence electrons. The van der Waals surface area contributed by atoms with Gasteiger partial charge in [0.2, 0.25) is 0 Å². The van der Waals surface area contributed by atoms with Crippen LogP contribution in [0.2, 0.25) is 5.15 Å². The molecule has 0 aliphatic rings. The third kappa shape index (κ3) is 1.28. The second kappa shape index (κ2) is 2.66. The Labute approximate surface area is 69.6 Å². The van der Waals surface area contributed by atoms with Crippen LogP contribution in [0.15, 0.2) is 4.79 Å². The summed E-state index contributed by atoms with van der Waals surface area (Å²) in [5.74, 6) is 0.630. The third-order valence-electron chi connectivity index (χ3n) is 1.68. The van der Waals surface area contributed by atoms with Crippen molar-refractivity contribution in [2.24, 2.45) is 7.05 Å². The molecule has 0 aliphatic carbocycles. The molecule has 3 nitrogen and oxygen atoms in total. The van der Waals surface area contributed by atoms with Gasteiger partial charge in [0.05, 0.1) is 5.56 Å². The fourth-order valence-electron chi connectivity index (χ4n) is 0.788. The molecule has 0 aromatic carbocycles. The summed E-state index contributed by atoms with van der Waals surface area (Å²) in [7, 11) is 1.67. The molecule has 0 saturated carbocycles. The number of halogens is 1. The molecule has 0 amide bonds. The van der Waals surface area contributed by atoms with Gasteiger partial charge in [0, 0.05) is 7.05 Å². The summed E-state index contributed by atoms with van der Waals surface area (Å²) in [6.07, 6.45) is 0. The van der Waals surface area contributed by atoms with Gasteiger partial charge in [-0.05, 0) is 13.8 Å². The third-order valence-corrected chi connectivity index (χ3v) is 2.05. The van der Waals surface area contributed by atoms with Crippen molar-refractivity contribution in [1.29, 1.82) is 0 Å². The Hall–Kier alpha value is -0.830. The first-order valence-electron chi connectivity index (χ1n) is 3.23. The van der Waals surface area contributed by atoms with Gasteiger partial charge in [-0.15, -0.1) is 0 Å². The second-order valence-corrected chi connectivity index (χ2v) is 2.80. The number of hydrogen-bond acceptors (Lipinski definition) is 2. The summed E-state index contributed by atoms with van der Waals surface area (Å²) in [4.78, 5) is 15.2. The summed E-state index contributed by atoms with van der Waals surface area (Å²) < 4.78 is 1.47. The van der Waals surface area contributed by atoms with E-state index in [1.807, 2.05) is 0 Å². The van der Waals surface area contributed by atoms with E-state index in [0.717, 1.165) is 0 Å². The highest BCUT2D eigenvalue weighted by Crippen LogP contribution is 2.06. The van der Waals surface area contributed by atoms with E-state index in [4.69, 9.17) is 11.6 Å². The molecule has 0 radical (unpaired) electrons. The van der Waals surface area contributed by atoms with Crippen molar-refractivity contribution in [2.75, 3.05) is 0 Å². The number of aryl methyl sites for hydroxylation is 1. The van der Waals surface area contributed by atoms with Gasteiger partial charge in [0.15, 0.2) is 0 Å². The van der Waals surface area contributed by atoms with Gasteiger partial charge in [-0.1, -0.05) is 11.6 Å². The van der Waals surface area contributed by atoms with Gasteiger partial charge in [-0.25, -0.2) is 4.98 Å². The molecule has 1 aromatic heterocycles. The van der Waals surface area contributed by atoms with Crippen LogP contribution in [0.5, 0.6) is 0 Å². The lowest BCUT2D eigenvalue weighted by Crippen LogP contribution is -2.22. The lowest BCUT2D eigenvalue weighted by molar-refractivity contribution is 0.765. The summed E-state index contributed by atoms with van der Waals surface area (Å²) in [5, 5.41) is 0.297. The van der Waals surface area contributed by atoms with Crippen molar-refractivity contribution < 1.29 is 0 Å². The van der Waals surface area contributed by atoms with E-state index in [9.17, 15) is 4.79 Å². The van der Waals surface area contributed by atoms with Crippen molar-refractivity contribution in [1.82, 2.24) is 9.55 Å². The molecule has 0 N–H and O–H groups in total. The van der Waals surface area contributed by atoms with Crippen molar-refractivity contribution in [3.05, 3.63) is 26.9 Å². The average Bonchev–Trinajstić information content (AvgIpc) is 1.97. The molecular formula is C7H9ClN2O. The fraction of sp³-hybridized carbons (Fsp3) is 0.429. The van der Waals surface area contributed by atoms with Gasteiger partial charge in [0.25, 0.3) is 5.56 Å². The predicted octanol–water partition coefficient (Wildman–Crippen LogP) is 1.05. The lowest BCUT2D eigenvalue weighted by Gasteiger charge is -2.03. The molecule has 1 aromatic rings. The van der Waals surface area contributed by atoms with Crippen LogP contribution >= 0.6 is 11.6 Å². The van der Waals surface area contributed by atoms with Crippen LogP contribution in [-0.4, -0.2) is 9.55 Å². The number of aromatic nitrogens is 2. The van der Waals surface area contributed by atoms with E-state index in [2.05, 4.69) is 4.98 Å². The Morgan fingerprint density at radius 1 is 1.45 bits per heavy atom. The Balaban J connectivity index is 3.59. The van der Waals surface area contributed by atoms with Crippen LogP contribution in [-0.2, 0) is 7.05 Å². The summed E-state index contributed by atoms with van der Waals surface area (Å²) in [6, 6.07) is 0. The summed E-state index contributed by atoms with van der Waals surface area (Å²) in [5.41, 5.74) is 0.419. The van der Waals surface area contributed by atoms with Crippen LogP contribution in [0.4, 0.5) is 0 Å². The Bertz CT molecular complexity index is 314. The van der Waals surface area contributed by atoms with E-state index in [1.54, 1.807) is 20.9 Å². The largest absolute Gasteiger partial charge is 0.300 e. The number of hydrogen-bond donors (Lipinski definition) is 0. The van der Waals surface area contributed by atoms with E-state index in [-0.39, 0.29) is 5.56 Å². The van der Waals surface area contributed by atoms with E-state index in [1.165, 1.54) is 4.57 Å². The second-order valence-electron chi connectivity index (χ2n) is 2.44. The fourth-order valence-corrected chi connectivity index (χ4v) is 0.991. The molecule has 0 atom stereocenters. The van der Waals surface area contributed by atoms with Crippen LogP contribution in [0.1, 0.15) is 11.4 Å². The molecule has 1 rings (SSSR count). The molecule has 11 heavy (non-hydrogen) atoms. The molecule has 0 saturated heterocycles. The first kappa shape index (κ1) is 8.27. The Kier molecular flexibility index (Phi) is 2.00. The zero-order valence-corrected chi connectivity index (χ0v) is 7.44. The molecule has 0 fully saturated rings. The highest BCUT2D eigenvalue weighted by Gasteiger charge is 2.04. The Morgan fingerprint density at radius 2 is 2.00 bits per heavy atom. The zero-order valence-electron chi connectivity index (χ0n) is 6.68. The van der Waals surface area contributed by atoms with Gasteiger partial charge in [0.1, 0.15) is 11.0 Å². The minimum absolute atomic E-state index is 0.0810. The maximum Gasteiger partial charge on any atom is 0.257 e. The van der Waals surface area contributed by atoms with Gasteiger partial charge < -0.3 is 0 Å². The van der Waals surface area contributed by atoms with Gasteiger partial charge in [-0.2, -0.15) is 0 Å². The molecule has 0 spiro atoms. The molecule has 0 bridgehead atoms. The monoisotopic (exact) mass is 172 g/mol. The zero-order chi connectivity index (χ0) is 8.59. The maximum atomic E-state index is 11.2. The van der Waals surface area contributed by atoms with Crippen LogP contribution < -0.4 is 5.56 Å².